The number of amides is 1. The summed E-state index contributed by atoms with van der Waals surface area (Å²) in [5.41, 5.74) is 7.00. The van der Waals surface area contributed by atoms with Crippen LogP contribution >= 0.6 is 24.8 Å². The van der Waals surface area contributed by atoms with Crippen molar-refractivity contribution in [2.75, 3.05) is 13.1 Å². The third kappa shape index (κ3) is 6.10. The van der Waals surface area contributed by atoms with Crippen molar-refractivity contribution in [2.24, 2.45) is 5.73 Å². The van der Waals surface area contributed by atoms with Gasteiger partial charge in [0, 0.05) is 38.1 Å². The van der Waals surface area contributed by atoms with E-state index in [1.165, 1.54) is 12.0 Å². The highest BCUT2D eigenvalue weighted by atomic mass is 35.5. The fourth-order valence-corrected chi connectivity index (χ4v) is 3.72. The lowest BCUT2D eigenvalue weighted by molar-refractivity contribution is -0.128. The molecule has 25 heavy (non-hydrogen) atoms. The monoisotopic (exact) mass is 388 g/mol. The Morgan fingerprint density at radius 2 is 1.76 bits per heavy atom. The van der Waals surface area contributed by atoms with Crippen LogP contribution in [-0.4, -0.2) is 40.5 Å². The molecular weight excluding hydrogens is 359 g/mol. The van der Waals surface area contributed by atoms with E-state index in [0.29, 0.717) is 0 Å². The molecule has 1 aromatic heterocycles. The van der Waals surface area contributed by atoms with Gasteiger partial charge < -0.3 is 11.1 Å². The van der Waals surface area contributed by atoms with E-state index in [-0.39, 0.29) is 36.8 Å². The van der Waals surface area contributed by atoms with Gasteiger partial charge in [-0.15, -0.1) is 24.8 Å². The molecule has 1 aliphatic carbocycles. The van der Waals surface area contributed by atoms with Crippen LogP contribution in [0.5, 0.6) is 0 Å². The van der Waals surface area contributed by atoms with Gasteiger partial charge in [-0.2, -0.15) is 0 Å². The number of rotatable bonds is 4. The summed E-state index contributed by atoms with van der Waals surface area (Å²) in [5, 5.41) is 3.21. The van der Waals surface area contributed by atoms with Crippen LogP contribution in [0.15, 0.2) is 24.5 Å². The number of carbonyl (C=O) groups is 1. The van der Waals surface area contributed by atoms with Gasteiger partial charge in [-0.05, 0) is 43.4 Å². The van der Waals surface area contributed by atoms with E-state index in [1.54, 1.807) is 0 Å². The number of carbonyl (C=O) groups excluding carboxylic acids is 1. The minimum absolute atomic E-state index is 0. The largest absolute Gasteiger partial charge is 0.352 e. The number of piperidine rings is 1. The lowest BCUT2D eigenvalue weighted by Crippen LogP contribution is -2.58. The third-order valence-electron chi connectivity index (χ3n) is 5.28. The molecular formula is C18H30Cl2N4O. The highest BCUT2D eigenvalue weighted by molar-refractivity contribution is 5.86. The Morgan fingerprint density at radius 3 is 2.36 bits per heavy atom. The van der Waals surface area contributed by atoms with E-state index in [0.717, 1.165) is 58.2 Å². The summed E-state index contributed by atoms with van der Waals surface area (Å²) in [6, 6.07) is 4.41. The van der Waals surface area contributed by atoms with E-state index in [1.807, 2.05) is 12.4 Å². The Kier molecular flexibility index (Phi) is 9.14. The number of hydrogen-bond acceptors (Lipinski definition) is 4. The zero-order valence-corrected chi connectivity index (χ0v) is 16.3. The number of hydrogen-bond donors (Lipinski definition) is 2. The number of halogens is 2. The summed E-state index contributed by atoms with van der Waals surface area (Å²) < 4.78 is 0. The van der Waals surface area contributed by atoms with Crippen LogP contribution in [0.2, 0.25) is 0 Å². The zero-order chi connectivity index (χ0) is 16.1. The van der Waals surface area contributed by atoms with Gasteiger partial charge in [0.1, 0.15) is 0 Å². The highest BCUT2D eigenvalue weighted by Crippen LogP contribution is 2.26. The lowest BCUT2D eigenvalue weighted by Gasteiger charge is -2.36. The molecule has 1 saturated carbocycles. The molecule has 0 spiro atoms. The van der Waals surface area contributed by atoms with Crippen LogP contribution in [0.4, 0.5) is 0 Å². The SMILES string of the molecule is Cl.Cl.NC1(C(=O)NC2CCN(Cc3ccncc3)CC2)CCCCC1. The molecule has 0 aromatic carbocycles. The summed E-state index contributed by atoms with van der Waals surface area (Å²) in [4.78, 5) is 19.0. The van der Waals surface area contributed by atoms with Gasteiger partial charge in [0.05, 0.1) is 5.54 Å². The molecule has 0 atom stereocenters. The number of nitrogens with two attached hydrogens (primary N) is 1. The lowest BCUT2D eigenvalue weighted by atomic mass is 9.81. The van der Waals surface area contributed by atoms with Crippen molar-refractivity contribution in [3.63, 3.8) is 0 Å². The van der Waals surface area contributed by atoms with Crippen molar-refractivity contribution < 1.29 is 4.79 Å². The van der Waals surface area contributed by atoms with Gasteiger partial charge in [-0.1, -0.05) is 19.3 Å². The van der Waals surface area contributed by atoms with Crippen LogP contribution in [0.1, 0.15) is 50.5 Å². The number of pyridine rings is 1. The maximum atomic E-state index is 12.5. The summed E-state index contributed by atoms with van der Waals surface area (Å²) in [5.74, 6) is 0.0739. The third-order valence-corrected chi connectivity index (χ3v) is 5.28. The first-order valence-electron chi connectivity index (χ1n) is 8.87. The quantitative estimate of drug-likeness (QED) is 0.831. The minimum Gasteiger partial charge on any atom is -0.352 e. The van der Waals surface area contributed by atoms with Gasteiger partial charge >= 0.3 is 0 Å². The average Bonchev–Trinajstić information content (AvgIpc) is 2.58. The Morgan fingerprint density at radius 1 is 1.16 bits per heavy atom. The van der Waals surface area contributed by atoms with E-state index < -0.39 is 5.54 Å². The molecule has 2 heterocycles. The summed E-state index contributed by atoms with van der Waals surface area (Å²) in [7, 11) is 0. The molecule has 1 aromatic rings. The second-order valence-corrected chi connectivity index (χ2v) is 7.10. The summed E-state index contributed by atoms with van der Waals surface area (Å²) in [6.45, 7) is 3.00. The Hall–Kier alpha value is -0.880. The van der Waals surface area contributed by atoms with Crippen molar-refractivity contribution >= 4 is 30.7 Å². The van der Waals surface area contributed by atoms with Crippen LogP contribution in [0, 0.1) is 0 Å². The number of aromatic nitrogens is 1. The predicted octanol–water partition coefficient (Wildman–Crippen LogP) is 2.67. The fraction of sp³-hybridized carbons (Fsp3) is 0.667. The van der Waals surface area contributed by atoms with Crippen LogP contribution in [-0.2, 0) is 11.3 Å². The molecule has 3 rings (SSSR count). The standard InChI is InChI=1S/C18H28N4O.2ClH/c19-18(8-2-1-3-9-18)17(23)21-16-6-12-22(13-7-16)14-15-4-10-20-11-5-15;;/h4-5,10-11,16H,1-3,6-9,12-14,19H2,(H,21,23);2*1H. The smallest absolute Gasteiger partial charge is 0.240 e. The van der Waals surface area contributed by atoms with Gasteiger partial charge in [0.2, 0.25) is 5.91 Å². The molecule has 0 unspecified atom stereocenters. The van der Waals surface area contributed by atoms with Gasteiger partial charge in [0.15, 0.2) is 0 Å². The molecule has 3 N–H and O–H groups in total. The van der Waals surface area contributed by atoms with E-state index >= 15 is 0 Å². The van der Waals surface area contributed by atoms with Crippen LogP contribution < -0.4 is 11.1 Å². The van der Waals surface area contributed by atoms with Crippen LogP contribution in [0.3, 0.4) is 0 Å². The first-order chi connectivity index (χ1) is 11.2. The van der Waals surface area contributed by atoms with E-state index in [2.05, 4.69) is 27.3 Å². The molecule has 1 aliphatic heterocycles. The van der Waals surface area contributed by atoms with E-state index in [9.17, 15) is 4.79 Å². The average molecular weight is 389 g/mol. The van der Waals surface area contributed by atoms with Crippen molar-refractivity contribution in [1.29, 1.82) is 0 Å². The minimum atomic E-state index is -0.619. The molecule has 0 bridgehead atoms. The Bertz CT molecular complexity index is 515. The van der Waals surface area contributed by atoms with Crippen molar-refractivity contribution in [1.82, 2.24) is 15.2 Å². The van der Waals surface area contributed by atoms with Gasteiger partial charge in [-0.25, -0.2) is 0 Å². The Balaban J connectivity index is 0.00000156. The molecule has 7 heteroatoms. The normalized spacial score (nSPS) is 20.8. The zero-order valence-electron chi connectivity index (χ0n) is 14.7. The predicted molar refractivity (Wildman–Crippen MR) is 105 cm³/mol. The van der Waals surface area contributed by atoms with Gasteiger partial charge in [-0.3, -0.25) is 14.7 Å². The van der Waals surface area contributed by atoms with Gasteiger partial charge in [0.25, 0.3) is 0 Å². The number of nitrogens with one attached hydrogen (secondary N) is 1. The van der Waals surface area contributed by atoms with Crippen LogP contribution in [0.25, 0.3) is 0 Å². The first-order valence-corrected chi connectivity index (χ1v) is 8.87. The fourth-order valence-electron chi connectivity index (χ4n) is 3.72. The van der Waals surface area contributed by atoms with E-state index in [4.69, 9.17) is 5.73 Å². The van der Waals surface area contributed by atoms with Crippen molar-refractivity contribution in [3.8, 4) is 0 Å². The maximum Gasteiger partial charge on any atom is 0.240 e. The molecule has 1 saturated heterocycles. The second-order valence-electron chi connectivity index (χ2n) is 7.10. The highest BCUT2D eigenvalue weighted by Gasteiger charge is 2.36. The molecule has 0 radical (unpaired) electrons. The molecule has 2 fully saturated rings. The topological polar surface area (TPSA) is 71.2 Å². The van der Waals surface area contributed by atoms with Crippen molar-refractivity contribution in [2.45, 2.75) is 63.1 Å². The van der Waals surface area contributed by atoms with Crippen molar-refractivity contribution in [3.05, 3.63) is 30.1 Å². The second kappa shape index (κ2) is 10.3. The Labute approximate surface area is 163 Å². The number of likely N-dealkylation sites (tertiary alicyclic amines) is 1. The molecule has 142 valence electrons. The molecule has 1 amide bonds. The molecule has 2 aliphatic rings. The summed E-state index contributed by atoms with van der Waals surface area (Å²) in [6.07, 6.45) is 10.7. The maximum absolute atomic E-state index is 12.5. The first kappa shape index (κ1) is 22.2. The number of nitrogens with zero attached hydrogens (tertiary/aromatic N) is 2. The molecule has 5 nitrogen and oxygen atoms in total. The summed E-state index contributed by atoms with van der Waals surface area (Å²) >= 11 is 0.